The molecule has 3 rings (SSSR count). The monoisotopic (exact) mass is 429 g/mol. The number of anilines is 1. The number of aromatic amines is 1. The van der Waals surface area contributed by atoms with Crippen molar-refractivity contribution in [3.05, 3.63) is 69.5 Å². The molecule has 0 fully saturated rings. The quantitative estimate of drug-likeness (QED) is 0.560. The number of nitrogens with zero attached hydrogens (tertiary/aromatic N) is 1. The van der Waals surface area contributed by atoms with Gasteiger partial charge in [0.05, 0.1) is 30.5 Å². The van der Waals surface area contributed by atoms with Gasteiger partial charge in [-0.15, -0.1) is 0 Å². The van der Waals surface area contributed by atoms with Crippen molar-refractivity contribution in [1.29, 1.82) is 0 Å². The first-order valence-electron chi connectivity index (χ1n) is 9.60. The molecule has 30 heavy (non-hydrogen) atoms. The fraction of sp³-hybridized carbons (Fsp3) is 0.273. The summed E-state index contributed by atoms with van der Waals surface area (Å²) in [5.74, 6) is 0.718. The number of fused-ring (bicyclic) bond motifs is 1. The van der Waals surface area contributed by atoms with Crippen LogP contribution >= 0.6 is 11.6 Å². The summed E-state index contributed by atoms with van der Waals surface area (Å²) in [6, 6.07) is 13.9. The largest absolute Gasteiger partial charge is 0.494 e. The molecule has 158 valence electrons. The summed E-state index contributed by atoms with van der Waals surface area (Å²) >= 11 is 6.14. The number of urea groups is 1. The maximum absolute atomic E-state index is 12.9. The van der Waals surface area contributed by atoms with Crippen LogP contribution in [0.5, 0.6) is 5.75 Å². The normalized spacial score (nSPS) is 10.8. The molecular weight excluding hydrogens is 406 g/mol. The minimum Gasteiger partial charge on any atom is -0.494 e. The Kier molecular flexibility index (Phi) is 7.32. The van der Waals surface area contributed by atoms with E-state index in [0.29, 0.717) is 41.5 Å². The smallest absolute Gasteiger partial charge is 0.322 e. The molecule has 0 spiro atoms. The highest BCUT2D eigenvalue weighted by molar-refractivity contribution is 6.33. The van der Waals surface area contributed by atoms with Crippen molar-refractivity contribution in [3.8, 4) is 5.75 Å². The molecule has 0 saturated carbocycles. The van der Waals surface area contributed by atoms with E-state index in [1.807, 2.05) is 19.1 Å². The van der Waals surface area contributed by atoms with Gasteiger partial charge < -0.3 is 24.7 Å². The minimum absolute atomic E-state index is 0.115. The van der Waals surface area contributed by atoms with Gasteiger partial charge in [-0.2, -0.15) is 0 Å². The van der Waals surface area contributed by atoms with Gasteiger partial charge in [0.2, 0.25) is 0 Å². The fourth-order valence-corrected chi connectivity index (χ4v) is 3.20. The number of H-pyrrole nitrogens is 1. The van der Waals surface area contributed by atoms with Crippen LogP contribution in [0.25, 0.3) is 10.9 Å². The van der Waals surface area contributed by atoms with Crippen LogP contribution in [0.3, 0.4) is 0 Å². The molecular formula is C22H24ClN3O4. The third-order valence-electron chi connectivity index (χ3n) is 4.53. The van der Waals surface area contributed by atoms with Gasteiger partial charge in [0.1, 0.15) is 5.75 Å². The minimum atomic E-state index is -0.372. The predicted molar refractivity (Wildman–Crippen MR) is 118 cm³/mol. The molecule has 0 aliphatic carbocycles. The van der Waals surface area contributed by atoms with Crippen molar-refractivity contribution in [2.75, 3.05) is 32.2 Å². The number of pyridine rings is 1. The lowest BCUT2D eigenvalue weighted by atomic mass is 10.1. The second-order valence-electron chi connectivity index (χ2n) is 6.63. The summed E-state index contributed by atoms with van der Waals surface area (Å²) in [5, 5.41) is 4.05. The molecule has 2 aromatic carbocycles. The molecule has 1 heterocycles. The molecule has 0 radical (unpaired) electrons. The van der Waals surface area contributed by atoms with Gasteiger partial charge in [-0.05, 0) is 43.3 Å². The summed E-state index contributed by atoms with van der Waals surface area (Å²) in [4.78, 5) is 29.8. The molecule has 3 aromatic rings. The summed E-state index contributed by atoms with van der Waals surface area (Å²) in [6.07, 6.45) is 0. The van der Waals surface area contributed by atoms with Gasteiger partial charge in [-0.3, -0.25) is 4.79 Å². The molecule has 0 saturated heterocycles. The van der Waals surface area contributed by atoms with E-state index in [1.165, 1.54) is 4.90 Å². The molecule has 1 aromatic heterocycles. The average Bonchev–Trinajstić information content (AvgIpc) is 2.73. The lowest BCUT2D eigenvalue weighted by molar-refractivity contribution is 0.152. The Bertz CT molecular complexity index is 1080. The van der Waals surface area contributed by atoms with Crippen LogP contribution in [-0.2, 0) is 11.3 Å². The van der Waals surface area contributed by atoms with Crippen molar-refractivity contribution in [2.45, 2.75) is 13.5 Å². The number of ether oxygens (including phenoxy) is 2. The first-order valence-corrected chi connectivity index (χ1v) is 9.97. The van der Waals surface area contributed by atoms with E-state index in [-0.39, 0.29) is 18.1 Å². The van der Waals surface area contributed by atoms with E-state index in [9.17, 15) is 9.59 Å². The standard InChI is InChI=1S/C22H24ClN3O4/c1-3-30-17-8-9-19-15(13-17)12-16(21(27)24-19)14-26(10-11-29-2)22(28)25-20-7-5-4-6-18(20)23/h4-9,12-13H,3,10-11,14H2,1-2H3,(H,24,27)(H,25,28). The summed E-state index contributed by atoms with van der Waals surface area (Å²) < 4.78 is 10.7. The van der Waals surface area contributed by atoms with Crippen LogP contribution in [0.15, 0.2) is 53.3 Å². The molecule has 0 bridgehead atoms. The van der Waals surface area contributed by atoms with Crippen LogP contribution in [0.2, 0.25) is 5.02 Å². The SMILES string of the molecule is CCOc1ccc2[nH]c(=O)c(CN(CCOC)C(=O)Nc3ccccc3Cl)cc2c1. The Morgan fingerprint density at radius 3 is 2.73 bits per heavy atom. The van der Waals surface area contributed by atoms with Gasteiger partial charge in [0.15, 0.2) is 0 Å². The van der Waals surface area contributed by atoms with Crippen molar-refractivity contribution in [1.82, 2.24) is 9.88 Å². The van der Waals surface area contributed by atoms with Gasteiger partial charge in [-0.1, -0.05) is 23.7 Å². The highest BCUT2D eigenvalue weighted by atomic mass is 35.5. The van der Waals surface area contributed by atoms with Crippen molar-refractivity contribution < 1.29 is 14.3 Å². The van der Waals surface area contributed by atoms with Gasteiger partial charge in [-0.25, -0.2) is 4.79 Å². The first kappa shape index (κ1) is 21.7. The van der Waals surface area contributed by atoms with Crippen molar-refractivity contribution >= 4 is 34.2 Å². The summed E-state index contributed by atoms with van der Waals surface area (Å²) in [6.45, 7) is 3.21. The van der Waals surface area contributed by atoms with Gasteiger partial charge in [0.25, 0.3) is 5.56 Å². The number of methoxy groups -OCH3 is 1. The summed E-state index contributed by atoms with van der Waals surface area (Å²) in [5.41, 5.74) is 1.41. The van der Waals surface area contributed by atoms with E-state index >= 15 is 0 Å². The molecule has 0 aliphatic heterocycles. The lowest BCUT2D eigenvalue weighted by Gasteiger charge is -2.23. The number of amides is 2. The second kappa shape index (κ2) is 10.1. The molecule has 2 N–H and O–H groups in total. The third-order valence-corrected chi connectivity index (χ3v) is 4.86. The number of hydrogen-bond acceptors (Lipinski definition) is 4. The Morgan fingerprint density at radius 1 is 1.20 bits per heavy atom. The second-order valence-corrected chi connectivity index (χ2v) is 7.04. The number of halogens is 1. The van der Waals surface area contributed by atoms with E-state index in [1.54, 1.807) is 43.5 Å². The fourth-order valence-electron chi connectivity index (χ4n) is 3.02. The number of carbonyl (C=O) groups excluding carboxylic acids is 1. The highest BCUT2D eigenvalue weighted by Crippen LogP contribution is 2.22. The van der Waals surface area contributed by atoms with Gasteiger partial charge >= 0.3 is 6.03 Å². The van der Waals surface area contributed by atoms with E-state index in [4.69, 9.17) is 21.1 Å². The zero-order valence-corrected chi connectivity index (χ0v) is 17.7. The Labute approximate surface area is 179 Å². The highest BCUT2D eigenvalue weighted by Gasteiger charge is 2.17. The Balaban J connectivity index is 1.87. The number of para-hydroxylation sites is 1. The number of rotatable bonds is 8. The topological polar surface area (TPSA) is 83.7 Å². The van der Waals surface area contributed by atoms with Crippen molar-refractivity contribution in [3.63, 3.8) is 0 Å². The molecule has 7 nitrogen and oxygen atoms in total. The Hall–Kier alpha value is -3.03. The maximum atomic E-state index is 12.9. The number of aromatic nitrogens is 1. The number of hydrogen-bond donors (Lipinski definition) is 2. The summed E-state index contributed by atoms with van der Waals surface area (Å²) in [7, 11) is 1.56. The van der Waals surface area contributed by atoms with Gasteiger partial charge in [0, 0.05) is 30.1 Å². The Morgan fingerprint density at radius 2 is 2.00 bits per heavy atom. The van der Waals surface area contributed by atoms with Crippen LogP contribution < -0.4 is 15.6 Å². The molecule has 0 aliphatic rings. The maximum Gasteiger partial charge on any atom is 0.322 e. The van der Waals surface area contributed by atoms with E-state index in [0.717, 1.165) is 11.1 Å². The zero-order valence-electron chi connectivity index (χ0n) is 16.9. The first-order chi connectivity index (χ1) is 14.5. The van der Waals surface area contributed by atoms with Crippen LogP contribution in [0.4, 0.5) is 10.5 Å². The number of carbonyl (C=O) groups is 1. The molecule has 8 heteroatoms. The predicted octanol–water partition coefficient (Wildman–Crippen LogP) is 4.26. The van der Waals surface area contributed by atoms with E-state index in [2.05, 4.69) is 10.3 Å². The number of nitrogens with one attached hydrogen (secondary N) is 2. The molecule has 0 atom stereocenters. The van der Waals surface area contributed by atoms with E-state index < -0.39 is 0 Å². The van der Waals surface area contributed by atoms with Crippen LogP contribution in [0, 0.1) is 0 Å². The molecule has 2 amide bonds. The zero-order chi connectivity index (χ0) is 21.5. The van der Waals surface area contributed by atoms with Crippen LogP contribution in [-0.4, -0.2) is 42.8 Å². The number of benzene rings is 2. The van der Waals surface area contributed by atoms with Crippen LogP contribution in [0.1, 0.15) is 12.5 Å². The van der Waals surface area contributed by atoms with Crippen molar-refractivity contribution in [2.24, 2.45) is 0 Å². The average molecular weight is 430 g/mol. The molecule has 0 unspecified atom stereocenters. The lowest BCUT2D eigenvalue weighted by Crippen LogP contribution is -2.38. The third kappa shape index (κ3) is 5.31.